The third kappa shape index (κ3) is 1.64. The van der Waals surface area contributed by atoms with E-state index < -0.39 is 12.2 Å². The fraction of sp³-hybridized carbons (Fsp3) is 0.750. The quantitative estimate of drug-likeness (QED) is 0.691. The van der Waals surface area contributed by atoms with Crippen LogP contribution in [0.25, 0.3) is 0 Å². The summed E-state index contributed by atoms with van der Waals surface area (Å²) in [4.78, 5) is 23.7. The number of hydrogen-bond donors (Lipinski definition) is 1. The van der Waals surface area contributed by atoms with Crippen LogP contribution in [0.3, 0.4) is 0 Å². The number of rotatable bonds is 1. The van der Waals surface area contributed by atoms with Crippen molar-refractivity contribution in [3.05, 3.63) is 0 Å². The highest BCUT2D eigenvalue weighted by atomic mass is 32.2. The summed E-state index contributed by atoms with van der Waals surface area (Å²) in [7, 11) is 0. The number of nitrogens with zero attached hydrogens (tertiary/aromatic N) is 1. The Morgan fingerprint density at radius 2 is 2.29 bits per heavy atom. The summed E-state index contributed by atoms with van der Waals surface area (Å²) < 4.78 is 13.4. The van der Waals surface area contributed by atoms with Crippen molar-refractivity contribution in [3.63, 3.8) is 0 Å². The maximum absolute atomic E-state index is 13.4. The Morgan fingerprint density at radius 1 is 1.50 bits per heavy atom. The van der Waals surface area contributed by atoms with Gasteiger partial charge in [-0.05, 0) is 13.0 Å². The Bertz CT molecular complexity index is 258. The molecule has 2 atom stereocenters. The van der Waals surface area contributed by atoms with Gasteiger partial charge in [-0.3, -0.25) is 14.5 Å². The Balaban J connectivity index is 2.12. The molecule has 2 aliphatic heterocycles. The van der Waals surface area contributed by atoms with Crippen molar-refractivity contribution in [1.29, 1.82) is 0 Å². The van der Waals surface area contributed by atoms with Crippen LogP contribution < -0.4 is 5.32 Å². The molecule has 0 radical (unpaired) electrons. The normalized spacial score (nSPS) is 33.9. The summed E-state index contributed by atoms with van der Waals surface area (Å²) in [6.45, 7) is 0.888. The third-order valence-electron chi connectivity index (χ3n) is 2.49. The lowest BCUT2D eigenvalue weighted by atomic mass is 10.0. The Labute approximate surface area is 85.2 Å². The molecule has 0 aliphatic carbocycles. The van der Waals surface area contributed by atoms with Gasteiger partial charge in [-0.1, -0.05) is 11.8 Å². The Kier molecular flexibility index (Phi) is 2.73. The first-order chi connectivity index (χ1) is 6.70. The van der Waals surface area contributed by atoms with Gasteiger partial charge in [-0.25, -0.2) is 4.39 Å². The van der Waals surface area contributed by atoms with Crippen molar-refractivity contribution in [2.45, 2.75) is 18.6 Å². The standard InChI is InChI=1S/C8H11FN2O2S/c9-5-3-10-2-1-6(5)11-7(12)4-14-8(11)13/h5-6,10H,1-4H2/t5-,6-/m0/s1. The van der Waals surface area contributed by atoms with Crippen LogP contribution in [0.15, 0.2) is 0 Å². The second kappa shape index (κ2) is 3.86. The molecule has 2 amide bonds. The van der Waals surface area contributed by atoms with Crippen molar-refractivity contribution in [1.82, 2.24) is 10.2 Å². The number of amides is 2. The van der Waals surface area contributed by atoms with Gasteiger partial charge in [0.1, 0.15) is 6.17 Å². The van der Waals surface area contributed by atoms with Gasteiger partial charge < -0.3 is 5.32 Å². The van der Waals surface area contributed by atoms with Gasteiger partial charge in [0.2, 0.25) is 5.91 Å². The van der Waals surface area contributed by atoms with E-state index >= 15 is 0 Å². The molecule has 0 aromatic heterocycles. The predicted octanol–water partition coefficient (Wildman–Crippen LogP) is 0.382. The first kappa shape index (κ1) is 9.92. The topological polar surface area (TPSA) is 49.4 Å². The fourth-order valence-electron chi connectivity index (χ4n) is 1.78. The Hall–Kier alpha value is -0.620. The molecule has 0 aromatic carbocycles. The van der Waals surface area contributed by atoms with Gasteiger partial charge in [-0.15, -0.1) is 0 Å². The van der Waals surface area contributed by atoms with E-state index in [0.717, 1.165) is 16.7 Å². The number of alkyl halides is 1. The third-order valence-corrected chi connectivity index (χ3v) is 3.32. The lowest BCUT2D eigenvalue weighted by Crippen LogP contribution is -2.52. The summed E-state index contributed by atoms with van der Waals surface area (Å²) in [6.07, 6.45) is -0.616. The van der Waals surface area contributed by atoms with Crippen molar-refractivity contribution < 1.29 is 14.0 Å². The summed E-state index contributed by atoms with van der Waals surface area (Å²) in [6, 6.07) is -0.550. The van der Waals surface area contributed by atoms with Crippen molar-refractivity contribution in [2.75, 3.05) is 18.8 Å². The highest BCUT2D eigenvalue weighted by Crippen LogP contribution is 2.26. The molecule has 2 aliphatic rings. The zero-order valence-corrected chi connectivity index (χ0v) is 8.35. The van der Waals surface area contributed by atoms with Crippen LogP contribution in [-0.2, 0) is 4.79 Å². The molecule has 4 nitrogen and oxygen atoms in total. The van der Waals surface area contributed by atoms with E-state index in [1.54, 1.807) is 0 Å². The highest BCUT2D eigenvalue weighted by Gasteiger charge is 2.40. The lowest BCUT2D eigenvalue weighted by molar-refractivity contribution is -0.127. The predicted molar refractivity (Wildman–Crippen MR) is 50.9 cm³/mol. The second-order valence-electron chi connectivity index (χ2n) is 3.39. The van der Waals surface area contributed by atoms with Crippen LogP contribution in [0, 0.1) is 0 Å². The van der Waals surface area contributed by atoms with Crippen molar-refractivity contribution in [2.24, 2.45) is 0 Å². The molecule has 0 bridgehead atoms. The summed E-state index contributed by atoms with van der Waals surface area (Å²) in [5.74, 6) is -0.0929. The molecule has 0 saturated carbocycles. The lowest BCUT2D eigenvalue weighted by Gasteiger charge is -2.32. The minimum atomic E-state index is -1.13. The minimum Gasteiger partial charge on any atom is -0.314 e. The van der Waals surface area contributed by atoms with Crippen LogP contribution in [0.1, 0.15) is 6.42 Å². The largest absolute Gasteiger partial charge is 0.314 e. The number of hydrogen-bond acceptors (Lipinski definition) is 4. The van der Waals surface area contributed by atoms with Crippen LogP contribution >= 0.6 is 11.8 Å². The number of carbonyl (C=O) groups excluding carboxylic acids is 2. The van der Waals surface area contributed by atoms with Crippen LogP contribution in [0.5, 0.6) is 0 Å². The van der Waals surface area contributed by atoms with Crippen molar-refractivity contribution >= 4 is 22.9 Å². The SMILES string of the molecule is O=C1CSC(=O)N1[C@H]1CCNC[C@@H]1F. The van der Waals surface area contributed by atoms with Gasteiger partial charge in [-0.2, -0.15) is 0 Å². The molecule has 2 fully saturated rings. The smallest absolute Gasteiger partial charge is 0.289 e. The Morgan fingerprint density at radius 3 is 2.86 bits per heavy atom. The van der Waals surface area contributed by atoms with Crippen LogP contribution in [0.2, 0.25) is 0 Å². The molecule has 78 valence electrons. The number of imide groups is 1. The molecule has 2 rings (SSSR count). The molecule has 0 unspecified atom stereocenters. The average Bonchev–Trinajstić information content (AvgIpc) is 2.48. The van der Waals surface area contributed by atoms with E-state index in [2.05, 4.69) is 5.32 Å². The maximum Gasteiger partial charge on any atom is 0.289 e. The first-order valence-electron chi connectivity index (χ1n) is 4.54. The summed E-state index contributed by atoms with van der Waals surface area (Å²) in [5, 5.41) is 2.59. The monoisotopic (exact) mass is 218 g/mol. The van der Waals surface area contributed by atoms with Crippen LogP contribution in [-0.4, -0.2) is 47.1 Å². The maximum atomic E-state index is 13.4. The molecule has 0 spiro atoms. The zero-order chi connectivity index (χ0) is 10.1. The molecule has 1 N–H and O–H groups in total. The van der Waals surface area contributed by atoms with E-state index in [0.29, 0.717) is 13.0 Å². The molecule has 0 aromatic rings. The molecule has 2 saturated heterocycles. The molecule has 2 heterocycles. The van der Waals surface area contributed by atoms with Gasteiger partial charge in [0.15, 0.2) is 0 Å². The molecular weight excluding hydrogens is 207 g/mol. The number of halogens is 1. The van der Waals surface area contributed by atoms with Gasteiger partial charge >= 0.3 is 0 Å². The van der Waals surface area contributed by atoms with Gasteiger partial charge in [0.05, 0.1) is 11.8 Å². The number of nitrogens with one attached hydrogen (secondary N) is 1. The van der Waals surface area contributed by atoms with Crippen molar-refractivity contribution in [3.8, 4) is 0 Å². The minimum absolute atomic E-state index is 0.162. The van der Waals surface area contributed by atoms with Gasteiger partial charge in [0, 0.05) is 6.54 Å². The second-order valence-corrected chi connectivity index (χ2v) is 4.32. The van der Waals surface area contributed by atoms with E-state index in [1.165, 1.54) is 0 Å². The van der Waals surface area contributed by atoms with E-state index in [4.69, 9.17) is 0 Å². The number of piperidine rings is 1. The molecule has 6 heteroatoms. The van der Waals surface area contributed by atoms with E-state index in [9.17, 15) is 14.0 Å². The number of thioether (sulfide) groups is 1. The fourth-order valence-corrected chi connectivity index (χ4v) is 2.54. The van der Waals surface area contributed by atoms with Gasteiger partial charge in [0.25, 0.3) is 5.24 Å². The summed E-state index contributed by atoms with van der Waals surface area (Å²) in [5.41, 5.74) is 0. The average molecular weight is 218 g/mol. The number of carbonyl (C=O) groups is 2. The van der Waals surface area contributed by atoms with E-state index in [-0.39, 0.29) is 23.4 Å². The zero-order valence-electron chi connectivity index (χ0n) is 7.53. The highest BCUT2D eigenvalue weighted by molar-refractivity contribution is 8.14. The van der Waals surface area contributed by atoms with Crippen LogP contribution in [0.4, 0.5) is 9.18 Å². The molecule has 14 heavy (non-hydrogen) atoms. The molecular formula is C8H11FN2O2S. The first-order valence-corrected chi connectivity index (χ1v) is 5.52. The summed E-state index contributed by atoms with van der Waals surface area (Å²) >= 11 is 0.960. The van der Waals surface area contributed by atoms with E-state index in [1.807, 2.05) is 0 Å².